The molecule has 1 heterocycles. The first-order valence-corrected chi connectivity index (χ1v) is 8.09. The summed E-state index contributed by atoms with van der Waals surface area (Å²) >= 11 is 1.77. The summed E-state index contributed by atoms with van der Waals surface area (Å²) in [6.45, 7) is 10.2. The van der Waals surface area contributed by atoms with Crippen LogP contribution >= 0.6 is 11.3 Å². The van der Waals surface area contributed by atoms with Crippen LogP contribution in [0.1, 0.15) is 41.8 Å². The van der Waals surface area contributed by atoms with E-state index in [1.54, 1.807) is 17.4 Å². The van der Waals surface area contributed by atoms with Gasteiger partial charge >= 0.3 is 0 Å². The van der Waals surface area contributed by atoms with Gasteiger partial charge in [-0.3, -0.25) is 0 Å². The van der Waals surface area contributed by atoms with Crippen molar-refractivity contribution in [3.05, 3.63) is 51.2 Å². The first-order chi connectivity index (χ1) is 9.86. The van der Waals surface area contributed by atoms with Gasteiger partial charge in [0.25, 0.3) is 0 Å². The SMILES string of the molecule is Cc1cc(F)ccc1CCNCc1cnc(C(C)(C)C)s1. The van der Waals surface area contributed by atoms with Crippen LogP contribution < -0.4 is 5.32 Å². The normalized spacial score (nSPS) is 11.9. The Balaban J connectivity index is 1.81. The number of thiazole rings is 1. The lowest BCUT2D eigenvalue weighted by atomic mass is 9.98. The van der Waals surface area contributed by atoms with Crippen LogP contribution in [-0.2, 0) is 18.4 Å². The van der Waals surface area contributed by atoms with Gasteiger partial charge in [-0.15, -0.1) is 11.3 Å². The Morgan fingerprint density at radius 1 is 1.29 bits per heavy atom. The number of rotatable bonds is 5. The van der Waals surface area contributed by atoms with Crippen molar-refractivity contribution in [1.82, 2.24) is 10.3 Å². The Morgan fingerprint density at radius 2 is 2.05 bits per heavy atom. The minimum Gasteiger partial charge on any atom is -0.311 e. The van der Waals surface area contributed by atoms with Gasteiger partial charge in [-0.1, -0.05) is 26.8 Å². The molecule has 0 amide bonds. The van der Waals surface area contributed by atoms with E-state index in [4.69, 9.17) is 0 Å². The van der Waals surface area contributed by atoms with E-state index in [0.717, 1.165) is 25.1 Å². The van der Waals surface area contributed by atoms with Crippen molar-refractivity contribution in [1.29, 1.82) is 0 Å². The fourth-order valence-electron chi connectivity index (χ4n) is 2.11. The van der Waals surface area contributed by atoms with Crippen molar-refractivity contribution in [2.45, 2.75) is 46.1 Å². The van der Waals surface area contributed by atoms with Gasteiger partial charge in [0.15, 0.2) is 0 Å². The quantitative estimate of drug-likeness (QED) is 0.837. The molecule has 0 bridgehead atoms. The van der Waals surface area contributed by atoms with Crippen LogP contribution in [0.2, 0.25) is 0 Å². The number of nitrogens with one attached hydrogen (secondary N) is 1. The molecule has 114 valence electrons. The van der Waals surface area contributed by atoms with Gasteiger partial charge in [0, 0.05) is 23.0 Å². The molecule has 0 spiro atoms. The maximum absolute atomic E-state index is 13.0. The van der Waals surface area contributed by atoms with Gasteiger partial charge in [-0.05, 0) is 43.1 Å². The fourth-order valence-corrected chi connectivity index (χ4v) is 3.05. The molecule has 2 aromatic rings. The van der Waals surface area contributed by atoms with Crippen LogP contribution in [0.15, 0.2) is 24.4 Å². The van der Waals surface area contributed by atoms with Gasteiger partial charge in [0.05, 0.1) is 5.01 Å². The van der Waals surface area contributed by atoms with Crippen molar-refractivity contribution in [2.75, 3.05) is 6.54 Å². The molecule has 0 atom stereocenters. The highest BCUT2D eigenvalue weighted by molar-refractivity contribution is 7.11. The molecule has 0 radical (unpaired) electrons. The summed E-state index contributed by atoms with van der Waals surface area (Å²) in [6.07, 6.45) is 2.87. The van der Waals surface area contributed by atoms with E-state index in [-0.39, 0.29) is 11.2 Å². The lowest BCUT2D eigenvalue weighted by Crippen LogP contribution is -2.16. The summed E-state index contributed by atoms with van der Waals surface area (Å²) < 4.78 is 13.0. The van der Waals surface area contributed by atoms with Crippen LogP contribution in [0, 0.1) is 12.7 Å². The number of hydrogen-bond acceptors (Lipinski definition) is 3. The lowest BCUT2D eigenvalue weighted by Gasteiger charge is -2.13. The molecule has 0 aliphatic rings. The molecule has 2 rings (SSSR count). The Bertz CT molecular complexity index is 599. The lowest BCUT2D eigenvalue weighted by molar-refractivity contribution is 0.585. The highest BCUT2D eigenvalue weighted by Gasteiger charge is 2.17. The molecule has 0 unspecified atom stereocenters. The molecule has 1 N–H and O–H groups in total. The third kappa shape index (κ3) is 4.61. The molecular weight excluding hydrogens is 283 g/mol. The van der Waals surface area contributed by atoms with Crippen molar-refractivity contribution >= 4 is 11.3 Å². The Morgan fingerprint density at radius 3 is 2.67 bits per heavy atom. The molecule has 1 aromatic heterocycles. The van der Waals surface area contributed by atoms with E-state index < -0.39 is 0 Å². The number of hydrogen-bond donors (Lipinski definition) is 1. The Hall–Kier alpha value is -1.26. The second-order valence-electron chi connectivity index (χ2n) is 6.38. The second-order valence-corrected chi connectivity index (χ2v) is 7.49. The van der Waals surface area contributed by atoms with E-state index in [1.807, 2.05) is 19.2 Å². The number of aromatic nitrogens is 1. The highest BCUT2D eigenvalue weighted by Crippen LogP contribution is 2.26. The van der Waals surface area contributed by atoms with Crippen LogP contribution in [0.5, 0.6) is 0 Å². The zero-order valence-corrected chi connectivity index (χ0v) is 14.0. The summed E-state index contributed by atoms with van der Waals surface area (Å²) in [7, 11) is 0. The van der Waals surface area contributed by atoms with Gasteiger partial charge < -0.3 is 5.32 Å². The molecule has 2 nitrogen and oxygen atoms in total. The molecule has 0 aliphatic heterocycles. The molecule has 1 aromatic carbocycles. The molecule has 4 heteroatoms. The standard InChI is InChI=1S/C17H23FN2S/c1-12-9-14(18)6-5-13(12)7-8-19-10-15-11-20-16(21-15)17(2,3)4/h5-6,9,11,19H,7-8,10H2,1-4H3. The van der Waals surface area contributed by atoms with E-state index in [0.29, 0.717) is 0 Å². The molecular formula is C17H23FN2S. The Kier molecular flexibility index (Phi) is 5.12. The third-order valence-corrected chi connectivity index (χ3v) is 4.79. The summed E-state index contributed by atoms with van der Waals surface area (Å²) in [6, 6.07) is 4.99. The molecule has 21 heavy (non-hydrogen) atoms. The van der Waals surface area contributed by atoms with Gasteiger partial charge in [-0.25, -0.2) is 9.37 Å². The van der Waals surface area contributed by atoms with Crippen molar-refractivity contribution in [2.24, 2.45) is 0 Å². The van der Waals surface area contributed by atoms with Gasteiger partial charge in [-0.2, -0.15) is 0 Å². The minimum atomic E-state index is -0.163. The summed E-state index contributed by atoms with van der Waals surface area (Å²) in [4.78, 5) is 5.74. The van der Waals surface area contributed by atoms with Crippen LogP contribution in [0.3, 0.4) is 0 Å². The Labute approximate surface area is 130 Å². The van der Waals surface area contributed by atoms with E-state index in [2.05, 4.69) is 31.1 Å². The van der Waals surface area contributed by atoms with Crippen molar-refractivity contribution in [3.8, 4) is 0 Å². The van der Waals surface area contributed by atoms with Gasteiger partial charge in [0.2, 0.25) is 0 Å². The van der Waals surface area contributed by atoms with Crippen molar-refractivity contribution in [3.63, 3.8) is 0 Å². The third-order valence-electron chi connectivity index (χ3n) is 3.37. The van der Waals surface area contributed by atoms with E-state index in [9.17, 15) is 4.39 Å². The fraction of sp³-hybridized carbons (Fsp3) is 0.471. The summed E-state index contributed by atoms with van der Waals surface area (Å²) in [5.74, 6) is -0.163. The second kappa shape index (κ2) is 6.67. The topological polar surface area (TPSA) is 24.9 Å². The van der Waals surface area contributed by atoms with Gasteiger partial charge in [0.1, 0.15) is 5.82 Å². The number of aryl methyl sites for hydroxylation is 1. The molecule has 0 saturated carbocycles. The summed E-state index contributed by atoms with van der Waals surface area (Å²) in [5.41, 5.74) is 2.34. The summed E-state index contributed by atoms with van der Waals surface area (Å²) in [5, 5.41) is 4.61. The first-order valence-electron chi connectivity index (χ1n) is 7.27. The highest BCUT2D eigenvalue weighted by atomic mass is 32.1. The zero-order chi connectivity index (χ0) is 15.5. The first kappa shape index (κ1) is 16.1. The largest absolute Gasteiger partial charge is 0.311 e. The number of benzene rings is 1. The molecule has 0 aliphatic carbocycles. The average Bonchev–Trinajstić information content (AvgIpc) is 2.85. The maximum atomic E-state index is 13.0. The van der Waals surface area contributed by atoms with Crippen LogP contribution in [0.25, 0.3) is 0 Å². The molecule has 0 fully saturated rings. The predicted molar refractivity (Wildman–Crippen MR) is 87.4 cm³/mol. The van der Waals surface area contributed by atoms with Crippen LogP contribution in [0.4, 0.5) is 4.39 Å². The average molecular weight is 306 g/mol. The number of nitrogens with zero attached hydrogens (tertiary/aromatic N) is 1. The smallest absolute Gasteiger partial charge is 0.123 e. The maximum Gasteiger partial charge on any atom is 0.123 e. The van der Waals surface area contributed by atoms with Crippen molar-refractivity contribution < 1.29 is 4.39 Å². The monoisotopic (exact) mass is 306 g/mol. The van der Waals surface area contributed by atoms with E-state index >= 15 is 0 Å². The number of halogens is 1. The zero-order valence-electron chi connectivity index (χ0n) is 13.2. The van der Waals surface area contributed by atoms with Crippen LogP contribution in [-0.4, -0.2) is 11.5 Å². The minimum absolute atomic E-state index is 0.119. The molecule has 0 saturated heterocycles. The van der Waals surface area contributed by atoms with E-state index in [1.165, 1.54) is 21.5 Å². The predicted octanol–water partition coefficient (Wildman–Crippen LogP) is 4.22.